The third-order valence-corrected chi connectivity index (χ3v) is 7.34. The summed E-state index contributed by atoms with van der Waals surface area (Å²) in [7, 11) is 0. The Morgan fingerprint density at radius 3 is 2.84 bits per heavy atom. The van der Waals surface area contributed by atoms with Crippen molar-refractivity contribution >= 4 is 51.1 Å². The Kier molecular flexibility index (Phi) is 7.26. The number of halogens is 1. The second-order valence-electron chi connectivity index (χ2n) is 10.4. The minimum atomic E-state index is -0.728. The van der Waals surface area contributed by atoms with Crippen molar-refractivity contribution < 1.29 is 24.2 Å². The summed E-state index contributed by atoms with van der Waals surface area (Å²) in [5.74, 6) is 0.226. The average Bonchev–Trinajstić information content (AvgIpc) is 3.24. The summed E-state index contributed by atoms with van der Waals surface area (Å²) < 4.78 is 11.7. The average molecular weight is 530 g/mol. The number of fused-ring (bicyclic) bond motifs is 3. The van der Waals surface area contributed by atoms with Crippen LogP contribution in [0.25, 0.3) is 21.8 Å². The van der Waals surface area contributed by atoms with Gasteiger partial charge in [-0.15, -0.1) is 0 Å². The number of aromatic amines is 1. The van der Waals surface area contributed by atoms with Gasteiger partial charge in [0, 0.05) is 48.2 Å². The summed E-state index contributed by atoms with van der Waals surface area (Å²) in [6.07, 6.45) is 3.60. The lowest BCUT2D eigenvalue weighted by molar-refractivity contribution is -0.178. The molecule has 11 heteroatoms. The molecule has 3 N–H and O–H groups in total. The number of amides is 2. The van der Waals surface area contributed by atoms with Crippen molar-refractivity contribution in [2.45, 2.75) is 38.5 Å². The van der Waals surface area contributed by atoms with E-state index < -0.39 is 17.9 Å². The zero-order valence-corrected chi connectivity index (χ0v) is 21.8. The Bertz CT molecular complexity index is 1300. The summed E-state index contributed by atoms with van der Waals surface area (Å²) >= 11 is 6.35. The third kappa shape index (κ3) is 5.67. The fourth-order valence-electron chi connectivity index (χ4n) is 5.12. The van der Waals surface area contributed by atoms with Crippen LogP contribution in [-0.2, 0) is 14.3 Å². The molecule has 1 atom stereocenters. The number of piperidine rings is 1. The number of hydrogen-bond acceptors (Lipinski definition) is 7. The van der Waals surface area contributed by atoms with Crippen molar-refractivity contribution in [2.75, 3.05) is 44.7 Å². The van der Waals surface area contributed by atoms with Crippen molar-refractivity contribution in [1.29, 1.82) is 0 Å². The number of benzene rings is 1. The van der Waals surface area contributed by atoms with Crippen LogP contribution in [0, 0.1) is 5.92 Å². The van der Waals surface area contributed by atoms with Crippen LogP contribution in [0.5, 0.6) is 0 Å². The molecule has 198 valence electrons. The molecular formula is C26H32ClN5O5. The number of nitrogens with zero attached hydrogens (tertiary/aromatic N) is 3. The zero-order chi connectivity index (χ0) is 26.2. The molecule has 2 fully saturated rings. The Labute approximate surface area is 219 Å². The van der Waals surface area contributed by atoms with Crippen molar-refractivity contribution in [1.82, 2.24) is 19.8 Å². The van der Waals surface area contributed by atoms with Crippen LogP contribution in [-0.4, -0.2) is 88.1 Å². The molecule has 0 saturated carbocycles. The maximum Gasteiger partial charge on any atom is 0.413 e. The first kappa shape index (κ1) is 25.7. The lowest BCUT2D eigenvalue weighted by Crippen LogP contribution is -2.58. The Balaban J connectivity index is 1.29. The van der Waals surface area contributed by atoms with E-state index in [0.29, 0.717) is 35.9 Å². The molecule has 0 radical (unpaired) electrons. The standard InChI is InChI=1S/C26H32ClN5O5/c1-26(2)15-32(12-22(34)31-7-4-16(13-33)5-8-31)23(14-36-26)37-25(35)30-20-10-17(27)9-19-18-3-6-28-11-21(18)29-24(19)20/h3,6,9-11,16,23,29,33H,4-5,7-8,12-15H2,1-2H3,(H,30,35). The number of anilines is 1. The minimum absolute atomic E-state index is 0.0219. The molecule has 2 aromatic heterocycles. The molecule has 10 nitrogen and oxygen atoms in total. The van der Waals surface area contributed by atoms with E-state index in [0.717, 1.165) is 29.1 Å². The Morgan fingerprint density at radius 1 is 1.30 bits per heavy atom. The minimum Gasteiger partial charge on any atom is -0.427 e. The van der Waals surface area contributed by atoms with Gasteiger partial charge in [0.15, 0.2) is 6.23 Å². The largest absolute Gasteiger partial charge is 0.427 e. The first-order chi connectivity index (χ1) is 17.7. The van der Waals surface area contributed by atoms with Crippen LogP contribution in [0.1, 0.15) is 26.7 Å². The molecule has 0 spiro atoms. The smallest absolute Gasteiger partial charge is 0.413 e. The summed E-state index contributed by atoms with van der Waals surface area (Å²) in [6, 6.07) is 5.38. The highest BCUT2D eigenvalue weighted by Crippen LogP contribution is 2.33. The van der Waals surface area contributed by atoms with Gasteiger partial charge in [0.25, 0.3) is 0 Å². The number of aliphatic hydroxyl groups is 1. The van der Waals surface area contributed by atoms with E-state index in [1.165, 1.54) is 0 Å². The fraction of sp³-hybridized carbons (Fsp3) is 0.500. The van der Waals surface area contributed by atoms with E-state index in [4.69, 9.17) is 21.1 Å². The van der Waals surface area contributed by atoms with E-state index in [2.05, 4.69) is 15.3 Å². The van der Waals surface area contributed by atoms with E-state index in [1.807, 2.05) is 35.8 Å². The molecule has 3 aromatic rings. The Morgan fingerprint density at radius 2 is 2.08 bits per heavy atom. The molecule has 1 aromatic carbocycles. The van der Waals surface area contributed by atoms with Crippen molar-refractivity contribution in [2.24, 2.45) is 5.92 Å². The van der Waals surface area contributed by atoms with Gasteiger partial charge in [-0.25, -0.2) is 4.79 Å². The number of likely N-dealkylation sites (tertiary alicyclic amines) is 1. The van der Waals surface area contributed by atoms with Gasteiger partial charge >= 0.3 is 6.09 Å². The lowest BCUT2D eigenvalue weighted by atomic mass is 9.98. The van der Waals surface area contributed by atoms with Gasteiger partial charge in [0.1, 0.15) is 0 Å². The molecule has 5 rings (SSSR count). The number of ether oxygens (including phenoxy) is 2. The molecule has 2 aliphatic rings. The van der Waals surface area contributed by atoms with Gasteiger partial charge in [-0.2, -0.15) is 0 Å². The molecule has 0 aliphatic carbocycles. The SMILES string of the molecule is CC1(C)CN(CC(=O)N2CCC(CO)CC2)C(OC(=O)Nc2cc(Cl)cc3c2[nH]c2cnccc23)CO1. The second-order valence-corrected chi connectivity index (χ2v) is 10.8. The lowest BCUT2D eigenvalue weighted by Gasteiger charge is -2.43. The molecule has 1 unspecified atom stereocenters. The number of aromatic nitrogens is 2. The number of carbonyl (C=O) groups is 2. The molecule has 4 heterocycles. The van der Waals surface area contributed by atoms with Crippen molar-refractivity contribution in [3.63, 3.8) is 0 Å². The quantitative estimate of drug-likeness (QED) is 0.462. The molecule has 2 amide bonds. The van der Waals surface area contributed by atoms with Crippen LogP contribution in [0.4, 0.5) is 10.5 Å². The summed E-state index contributed by atoms with van der Waals surface area (Å²) in [5, 5.41) is 14.5. The first-order valence-electron chi connectivity index (χ1n) is 12.5. The molecule has 2 saturated heterocycles. The van der Waals surface area contributed by atoms with E-state index >= 15 is 0 Å². The van der Waals surface area contributed by atoms with Crippen LogP contribution in [0.2, 0.25) is 5.02 Å². The molecule has 37 heavy (non-hydrogen) atoms. The van der Waals surface area contributed by atoms with Gasteiger partial charge in [0.05, 0.1) is 41.7 Å². The van der Waals surface area contributed by atoms with Crippen LogP contribution < -0.4 is 5.32 Å². The van der Waals surface area contributed by atoms with Gasteiger partial charge in [-0.1, -0.05) is 11.6 Å². The maximum absolute atomic E-state index is 13.1. The molecular weight excluding hydrogens is 498 g/mol. The first-order valence-corrected chi connectivity index (χ1v) is 12.9. The maximum atomic E-state index is 13.1. The van der Waals surface area contributed by atoms with Gasteiger partial charge < -0.3 is 24.5 Å². The fourth-order valence-corrected chi connectivity index (χ4v) is 5.34. The van der Waals surface area contributed by atoms with Crippen LogP contribution in [0.3, 0.4) is 0 Å². The summed E-state index contributed by atoms with van der Waals surface area (Å²) in [5.41, 5.74) is 1.53. The molecule has 0 bridgehead atoms. The number of aliphatic hydroxyl groups excluding tert-OH is 1. The van der Waals surface area contributed by atoms with Crippen molar-refractivity contribution in [3.05, 3.63) is 35.6 Å². The number of pyridine rings is 1. The Hall–Kier alpha value is -2.92. The number of morpholine rings is 1. The number of rotatable bonds is 5. The van der Waals surface area contributed by atoms with Gasteiger partial charge in [-0.3, -0.25) is 20.0 Å². The van der Waals surface area contributed by atoms with E-state index in [-0.39, 0.29) is 31.6 Å². The topological polar surface area (TPSA) is 120 Å². The van der Waals surface area contributed by atoms with Gasteiger partial charge in [0.2, 0.25) is 5.91 Å². The van der Waals surface area contributed by atoms with E-state index in [1.54, 1.807) is 18.5 Å². The monoisotopic (exact) mass is 529 g/mol. The number of nitrogens with one attached hydrogen (secondary N) is 2. The summed E-state index contributed by atoms with van der Waals surface area (Å²) in [6.45, 7) is 5.97. The van der Waals surface area contributed by atoms with Crippen molar-refractivity contribution in [3.8, 4) is 0 Å². The number of hydrogen-bond donors (Lipinski definition) is 3. The highest BCUT2D eigenvalue weighted by atomic mass is 35.5. The predicted octanol–water partition coefficient (Wildman–Crippen LogP) is 3.59. The predicted molar refractivity (Wildman–Crippen MR) is 140 cm³/mol. The number of H-pyrrole nitrogens is 1. The second kappa shape index (κ2) is 10.4. The zero-order valence-electron chi connectivity index (χ0n) is 21.0. The van der Waals surface area contributed by atoms with E-state index in [9.17, 15) is 14.7 Å². The highest BCUT2D eigenvalue weighted by Gasteiger charge is 2.38. The van der Waals surface area contributed by atoms with Gasteiger partial charge in [-0.05, 0) is 50.8 Å². The third-order valence-electron chi connectivity index (χ3n) is 7.13. The molecule has 2 aliphatic heterocycles. The van der Waals surface area contributed by atoms with Crippen LogP contribution in [0.15, 0.2) is 30.6 Å². The van der Waals surface area contributed by atoms with Crippen LogP contribution >= 0.6 is 11.6 Å². The highest BCUT2D eigenvalue weighted by molar-refractivity contribution is 6.32. The summed E-state index contributed by atoms with van der Waals surface area (Å²) in [4.78, 5) is 37.2. The number of carbonyl (C=O) groups excluding carboxylic acids is 2. The normalized spacial score (nSPS) is 20.9.